The lowest BCUT2D eigenvalue weighted by atomic mass is 9.93. The molecule has 0 spiro atoms. The van der Waals surface area contributed by atoms with E-state index in [-0.39, 0.29) is 0 Å². The highest BCUT2D eigenvalue weighted by atomic mass is 16.3. The molecule has 0 fully saturated rings. The molecule has 0 aromatic heterocycles. The number of fused-ring (bicyclic) bond motifs is 1. The van der Waals surface area contributed by atoms with E-state index in [0.29, 0.717) is 0 Å². The maximum atomic E-state index is 10.6. The Hall–Kier alpha value is -2.13. The highest BCUT2D eigenvalue weighted by molar-refractivity contribution is 5.64. The van der Waals surface area contributed by atoms with Gasteiger partial charge in [0, 0.05) is 13.6 Å². The van der Waals surface area contributed by atoms with Crippen LogP contribution in [0.25, 0.3) is 0 Å². The second kappa shape index (κ2) is 7.24. The Morgan fingerprint density at radius 2 is 1.96 bits per heavy atom. The lowest BCUT2D eigenvalue weighted by Gasteiger charge is -2.18. The maximum absolute atomic E-state index is 10.6. The first kappa shape index (κ1) is 18.7. The van der Waals surface area contributed by atoms with Gasteiger partial charge < -0.3 is 10.0 Å². The second-order valence-corrected chi connectivity index (χ2v) is 7.83. The van der Waals surface area contributed by atoms with Gasteiger partial charge in [0.25, 0.3) is 0 Å². The first-order chi connectivity index (χ1) is 12.3. The fourth-order valence-electron chi connectivity index (χ4n) is 3.62. The van der Waals surface area contributed by atoms with Crippen LogP contribution in [-0.2, 0) is 18.4 Å². The summed E-state index contributed by atoms with van der Waals surface area (Å²) in [5, 5.41) is 10.6. The summed E-state index contributed by atoms with van der Waals surface area (Å²) in [6.07, 6.45) is 4.57. The largest absolute Gasteiger partial charge is 0.385 e. The molecule has 0 saturated heterocycles. The highest BCUT2D eigenvalue weighted by Gasteiger charge is 2.31. The van der Waals surface area contributed by atoms with E-state index in [1.54, 1.807) is 0 Å². The molecule has 1 aliphatic carbocycles. The van der Waals surface area contributed by atoms with Crippen LogP contribution in [0.4, 0.5) is 5.69 Å². The monoisotopic (exact) mass is 350 g/mol. The molecule has 1 atom stereocenters. The van der Waals surface area contributed by atoms with Crippen LogP contribution in [0.5, 0.6) is 0 Å². The zero-order valence-corrected chi connectivity index (χ0v) is 16.6. The lowest BCUT2D eigenvalue weighted by Crippen LogP contribution is -2.16. The van der Waals surface area contributed by atoms with Crippen molar-refractivity contribution in [3.63, 3.8) is 0 Å². The Morgan fingerprint density at radius 1 is 1.19 bits per heavy atom. The molecule has 1 N–H and O–H groups in total. The molecule has 3 nitrogen and oxygen atoms in total. The topological polar surface area (TPSA) is 35.8 Å². The van der Waals surface area contributed by atoms with Gasteiger partial charge in [-0.05, 0) is 86.4 Å². The predicted molar refractivity (Wildman–Crippen MR) is 110 cm³/mol. The number of hydrogen-bond donors (Lipinski definition) is 1. The number of benzene rings is 2. The lowest BCUT2D eigenvalue weighted by molar-refractivity contribution is 0.0594. The molecule has 2 aromatic rings. The third kappa shape index (κ3) is 3.83. The summed E-state index contributed by atoms with van der Waals surface area (Å²) in [4.78, 5) is 6.69. The first-order valence-electron chi connectivity index (χ1n) is 9.49. The average molecular weight is 351 g/mol. The summed E-state index contributed by atoms with van der Waals surface area (Å²) in [5.74, 6) is 0. The predicted octanol–water partition coefficient (Wildman–Crippen LogP) is 4.66. The molecule has 0 radical (unpaired) electrons. The average Bonchev–Trinajstić information content (AvgIpc) is 2.91. The van der Waals surface area contributed by atoms with Crippen LogP contribution < -0.4 is 0 Å². The van der Waals surface area contributed by atoms with Crippen LogP contribution in [0.2, 0.25) is 0 Å². The second-order valence-electron chi connectivity index (χ2n) is 7.83. The van der Waals surface area contributed by atoms with Crippen molar-refractivity contribution in [3.05, 3.63) is 63.7 Å². The van der Waals surface area contributed by atoms with E-state index < -0.39 is 5.60 Å². The molecule has 2 aromatic carbocycles. The third-order valence-electron chi connectivity index (χ3n) is 5.58. The molecular formula is C23H30N2O. The summed E-state index contributed by atoms with van der Waals surface area (Å²) in [6.45, 7) is 9.26. The van der Waals surface area contributed by atoms with E-state index in [1.165, 1.54) is 27.8 Å². The number of aliphatic imine (C=N–C) groups is 1. The van der Waals surface area contributed by atoms with E-state index in [9.17, 15) is 5.11 Å². The van der Waals surface area contributed by atoms with E-state index >= 15 is 0 Å². The quantitative estimate of drug-likeness (QED) is 0.629. The van der Waals surface area contributed by atoms with Crippen molar-refractivity contribution in [2.75, 3.05) is 13.6 Å². The SMILES string of the molecule is CCN(C)C=Nc1cc(C)c(Cc2ccc3c(c2)C(C)(O)CC3)cc1C. The minimum atomic E-state index is -0.680. The van der Waals surface area contributed by atoms with Crippen molar-refractivity contribution in [3.8, 4) is 0 Å². The Bertz CT molecular complexity index is 836. The van der Waals surface area contributed by atoms with Gasteiger partial charge in [-0.25, -0.2) is 4.99 Å². The summed E-state index contributed by atoms with van der Waals surface area (Å²) < 4.78 is 0. The summed E-state index contributed by atoms with van der Waals surface area (Å²) in [5.41, 5.74) is 7.78. The van der Waals surface area contributed by atoms with Gasteiger partial charge in [0.1, 0.15) is 0 Å². The number of hydrogen-bond acceptors (Lipinski definition) is 2. The van der Waals surface area contributed by atoms with Crippen molar-refractivity contribution in [1.82, 2.24) is 4.90 Å². The van der Waals surface area contributed by atoms with Crippen LogP contribution in [0.3, 0.4) is 0 Å². The van der Waals surface area contributed by atoms with Gasteiger partial charge in [-0.3, -0.25) is 0 Å². The number of nitrogens with zero attached hydrogens (tertiary/aromatic N) is 2. The molecule has 3 rings (SSSR count). The molecule has 0 saturated carbocycles. The van der Waals surface area contributed by atoms with Crippen molar-refractivity contribution < 1.29 is 5.11 Å². The van der Waals surface area contributed by atoms with Gasteiger partial charge in [0.15, 0.2) is 0 Å². The zero-order valence-electron chi connectivity index (χ0n) is 16.6. The molecule has 0 aliphatic heterocycles. The van der Waals surface area contributed by atoms with Crippen molar-refractivity contribution in [2.24, 2.45) is 4.99 Å². The Labute approximate surface area is 157 Å². The van der Waals surface area contributed by atoms with Crippen LogP contribution in [0, 0.1) is 13.8 Å². The Balaban J connectivity index is 1.85. The van der Waals surface area contributed by atoms with Gasteiger partial charge in [-0.1, -0.05) is 24.3 Å². The molecular weight excluding hydrogens is 320 g/mol. The van der Waals surface area contributed by atoms with Gasteiger partial charge in [0.2, 0.25) is 0 Å². The van der Waals surface area contributed by atoms with Crippen LogP contribution in [-0.4, -0.2) is 29.9 Å². The van der Waals surface area contributed by atoms with E-state index in [0.717, 1.165) is 37.1 Å². The van der Waals surface area contributed by atoms with Gasteiger partial charge >= 0.3 is 0 Å². The van der Waals surface area contributed by atoms with Gasteiger partial charge in [0.05, 0.1) is 17.6 Å². The van der Waals surface area contributed by atoms with Gasteiger partial charge in [-0.15, -0.1) is 0 Å². The third-order valence-corrected chi connectivity index (χ3v) is 5.58. The summed E-state index contributed by atoms with van der Waals surface area (Å²) >= 11 is 0. The van der Waals surface area contributed by atoms with Crippen LogP contribution in [0.1, 0.15) is 53.6 Å². The Kier molecular flexibility index (Phi) is 5.19. The number of aliphatic hydroxyl groups is 1. The highest BCUT2D eigenvalue weighted by Crippen LogP contribution is 2.37. The fourth-order valence-corrected chi connectivity index (χ4v) is 3.62. The Morgan fingerprint density at radius 3 is 2.69 bits per heavy atom. The number of rotatable bonds is 5. The first-order valence-corrected chi connectivity index (χ1v) is 9.49. The molecule has 3 heteroatoms. The van der Waals surface area contributed by atoms with Gasteiger partial charge in [-0.2, -0.15) is 0 Å². The summed E-state index contributed by atoms with van der Waals surface area (Å²) in [7, 11) is 2.03. The van der Waals surface area contributed by atoms with E-state index in [4.69, 9.17) is 0 Å². The van der Waals surface area contributed by atoms with Crippen LogP contribution in [0.15, 0.2) is 35.3 Å². The van der Waals surface area contributed by atoms with E-state index in [1.807, 2.05) is 20.3 Å². The summed E-state index contributed by atoms with van der Waals surface area (Å²) in [6, 6.07) is 11.0. The molecule has 0 amide bonds. The standard InChI is InChI=1S/C23H30N2O/c1-6-25(5)15-24-22-12-16(2)20(11-17(22)3)13-18-7-8-19-9-10-23(4,26)21(19)14-18/h7-8,11-12,14-15,26H,6,9-10,13H2,1-5H3. The van der Waals surface area contributed by atoms with Crippen molar-refractivity contribution >= 4 is 12.0 Å². The molecule has 26 heavy (non-hydrogen) atoms. The molecule has 0 bridgehead atoms. The van der Waals surface area contributed by atoms with Crippen molar-refractivity contribution in [2.45, 2.75) is 52.6 Å². The normalized spacial score (nSPS) is 19.2. The van der Waals surface area contributed by atoms with Crippen molar-refractivity contribution in [1.29, 1.82) is 0 Å². The minimum Gasteiger partial charge on any atom is -0.385 e. The fraction of sp³-hybridized carbons (Fsp3) is 0.435. The molecule has 0 heterocycles. The van der Waals surface area contributed by atoms with E-state index in [2.05, 4.69) is 61.0 Å². The maximum Gasteiger partial charge on any atom is 0.0909 e. The van der Waals surface area contributed by atoms with Crippen LogP contribution >= 0.6 is 0 Å². The smallest absolute Gasteiger partial charge is 0.0909 e. The minimum absolute atomic E-state index is 0.680. The molecule has 138 valence electrons. The molecule has 1 aliphatic rings. The number of aryl methyl sites for hydroxylation is 3. The zero-order chi connectivity index (χ0) is 18.9. The molecule has 1 unspecified atom stereocenters.